The van der Waals surface area contributed by atoms with E-state index in [1.54, 1.807) is 0 Å². The van der Waals surface area contributed by atoms with E-state index in [4.69, 9.17) is 11.1 Å². The topological polar surface area (TPSA) is 53.1 Å². The van der Waals surface area contributed by atoms with E-state index in [2.05, 4.69) is 29.2 Å². The van der Waals surface area contributed by atoms with Gasteiger partial charge in [-0.25, -0.2) is 0 Å². The fourth-order valence-corrected chi connectivity index (χ4v) is 2.27. The molecule has 1 aliphatic rings. The van der Waals surface area contributed by atoms with E-state index in [1.807, 2.05) is 6.92 Å². The Labute approximate surface area is 96.8 Å². The Hall–Kier alpha value is -1.35. The van der Waals surface area contributed by atoms with Crippen LogP contribution in [-0.2, 0) is 12.8 Å². The number of nitrogens with zero attached hydrogens (tertiary/aromatic N) is 1. The summed E-state index contributed by atoms with van der Waals surface area (Å²) in [6.45, 7) is 4.01. The molecule has 3 nitrogen and oxygen atoms in total. The molecule has 16 heavy (non-hydrogen) atoms. The molecule has 2 rings (SSSR count). The summed E-state index contributed by atoms with van der Waals surface area (Å²) in [5.41, 5.74) is 8.45. The van der Waals surface area contributed by atoms with Crippen LogP contribution in [0.1, 0.15) is 18.1 Å². The van der Waals surface area contributed by atoms with Crippen molar-refractivity contribution in [2.24, 2.45) is 5.73 Å². The molecule has 0 spiro atoms. The van der Waals surface area contributed by atoms with Crippen molar-refractivity contribution in [1.29, 1.82) is 5.41 Å². The average Bonchev–Trinajstić information content (AvgIpc) is 2.50. The molecule has 1 heterocycles. The van der Waals surface area contributed by atoms with Crippen LogP contribution in [0.25, 0.3) is 0 Å². The summed E-state index contributed by atoms with van der Waals surface area (Å²) >= 11 is 0. The predicted molar refractivity (Wildman–Crippen MR) is 66.8 cm³/mol. The molecular weight excluding hydrogens is 198 g/mol. The third kappa shape index (κ3) is 2.25. The van der Waals surface area contributed by atoms with Crippen molar-refractivity contribution in [2.75, 3.05) is 13.1 Å². The van der Waals surface area contributed by atoms with Crippen molar-refractivity contribution in [3.63, 3.8) is 0 Å². The molecule has 0 aliphatic carbocycles. The van der Waals surface area contributed by atoms with E-state index in [-0.39, 0.29) is 11.9 Å². The molecule has 0 radical (unpaired) electrons. The lowest BCUT2D eigenvalue weighted by molar-refractivity contribution is 0.264. The van der Waals surface area contributed by atoms with Gasteiger partial charge in [-0.05, 0) is 30.9 Å². The first-order valence-electron chi connectivity index (χ1n) is 5.83. The summed E-state index contributed by atoms with van der Waals surface area (Å²) < 4.78 is 0. The fraction of sp³-hybridized carbons (Fsp3) is 0.462. The van der Waals surface area contributed by atoms with Crippen molar-refractivity contribution in [1.82, 2.24) is 4.90 Å². The van der Waals surface area contributed by atoms with Crippen LogP contribution in [0.2, 0.25) is 0 Å². The maximum atomic E-state index is 7.51. The molecule has 1 aromatic rings. The Bertz CT molecular complexity index is 360. The van der Waals surface area contributed by atoms with E-state index < -0.39 is 0 Å². The Kier molecular flexibility index (Phi) is 3.25. The SMILES string of the molecule is CC(C(=N)N)N1CCc2ccccc2CC1. The number of amidine groups is 1. The van der Waals surface area contributed by atoms with Crippen molar-refractivity contribution < 1.29 is 0 Å². The highest BCUT2D eigenvalue weighted by molar-refractivity contribution is 5.82. The van der Waals surface area contributed by atoms with Crippen molar-refractivity contribution >= 4 is 5.84 Å². The summed E-state index contributed by atoms with van der Waals surface area (Å²) in [6.07, 6.45) is 2.13. The number of hydrogen-bond donors (Lipinski definition) is 2. The molecule has 0 saturated heterocycles. The summed E-state index contributed by atoms with van der Waals surface area (Å²) in [6, 6.07) is 8.68. The van der Waals surface area contributed by atoms with Crippen LogP contribution in [0.3, 0.4) is 0 Å². The molecule has 0 bridgehead atoms. The van der Waals surface area contributed by atoms with Gasteiger partial charge >= 0.3 is 0 Å². The van der Waals surface area contributed by atoms with Gasteiger partial charge in [0.05, 0.1) is 6.04 Å². The van der Waals surface area contributed by atoms with Gasteiger partial charge in [-0.2, -0.15) is 0 Å². The van der Waals surface area contributed by atoms with Crippen LogP contribution in [-0.4, -0.2) is 29.9 Å². The molecule has 0 fully saturated rings. The van der Waals surface area contributed by atoms with Crippen LogP contribution < -0.4 is 5.73 Å². The highest BCUT2D eigenvalue weighted by Crippen LogP contribution is 2.16. The number of rotatable bonds is 2. The lowest BCUT2D eigenvalue weighted by Gasteiger charge is -2.26. The van der Waals surface area contributed by atoms with Crippen LogP contribution in [0.15, 0.2) is 24.3 Å². The Balaban J connectivity index is 2.10. The zero-order chi connectivity index (χ0) is 11.5. The Morgan fingerprint density at radius 2 is 1.75 bits per heavy atom. The summed E-state index contributed by atoms with van der Waals surface area (Å²) in [5, 5.41) is 7.51. The molecule has 1 unspecified atom stereocenters. The smallest absolute Gasteiger partial charge is 0.108 e. The average molecular weight is 217 g/mol. The van der Waals surface area contributed by atoms with Crippen molar-refractivity contribution in [3.8, 4) is 0 Å². The quantitative estimate of drug-likeness (QED) is 0.581. The first-order valence-corrected chi connectivity index (χ1v) is 5.83. The zero-order valence-corrected chi connectivity index (χ0v) is 9.74. The van der Waals surface area contributed by atoms with Crippen molar-refractivity contribution in [3.05, 3.63) is 35.4 Å². The molecule has 3 N–H and O–H groups in total. The van der Waals surface area contributed by atoms with Crippen LogP contribution in [0, 0.1) is 5.41 Å². The maximum Gasteiger partial charge on any atom is 0.108 e. The number of benzene rings is 1. The lowest BCUT2D eigenvalue weighted by atomic mass is 10.0. The highest BCUT2D eigenvalue weighted by atomic mass is 15.2. The lowest BCUT2D eigenvalue weighted by Crippen LogP contribution is -2.43. The summed E-state index contributed by atoms with van der Waals surface area (Å²) in [5.74, 6) is 0.269. The predicted octanol–water partition coefficient (Wildman–Crippen LogP) is 1.41. The van der Waals surface area contributed by atoms with Gasteiger partial charge in [0.1, 0.15) is 5.84 Å². The first-order chi connectivity index (χ1) is 7.68. The number of nitrogens with one attached hydrogen (secondary N) is 1. The van der Waals surface area contributed by atoms with Crippen LogP contribution in [0.5, 0.6) is 0 Å². The van der Waals surface area contributed by atoms with Crippen molar-refractivity contribution in [2.45, 2.75) is 25.8 Å². The van der Waals surface area contributed by atoms with Gasteiger partial charge in [0.15, 0.2) is 0 Å². The zero-order valence-electron chi connectivity index (χ0n) is 9.74. The van der Waals surface area contributed by atoms with Gasteiger partial charge in [0.25, 0.3) is 0 Å². The highest BCUT2D eigenvalue weighted by Gasteiger charge is 2.19. The minimum Gasteiger partial charge on any atom is -0.386 e. The minimum absolute atomic E-state index is 0.0642. The molecule has 3 heteroatoms. The first kappa shape index (κ1) is 11.1. The third-order valence-corrected chi connectivity index (χ3v) is 3.45. The molecule has 0 amide bonds. The summed E-state index contributed by atoms with van der Waals surface area (Å²) in [4.78, 5) is 2.29. The number of fused-ring (bicyclic) bond motifs is 1. The second kappa shape index (κ2) is 4.66. The van der Waals surface area contributed by atoms with E-state index in [0.29, 0.717) is 0 Å². The van der Waals surface area contributed by atoms with E-state index in [1.165, 1.54) is 11.1 Å². The van der Waals surface area contributed by atoms with E-state index in [0.717, 1.165) is 25.9 Å². The maximum absolute atomic E-state index is 7.51. The van der Waals surface area contributed by atoms with Crippen LogP contribution in [0.4, 0.5) is 0 Å². The molecule has 1 atom stereocenters. The van der Waals surface area contributed by atoms with Gasteiger partial charge in [0.2, 0.25) is 0 Å². The van der Waals surface area contributed by atoms with Gasteiger partial charge in [0, 0.05) is 13.1 Å². The third-order valence-electron chi connectivity index (χ3n) is 3.45. The van der Waals surface area contributed by atoms with Crippen LogP contribution >= 0.6 is 0 Å². The second-order valence-corrected chi connectivity index (χ2v) is 4.44. The molecule has 86 valence electrons. The molecule has 1 aliphatic heterocycles. The molecule has 0 saturated carbocycles. The monoisotopic (exact) mass is 217 g/mol. The van der Waals surface area contributed by atoms with Gasteiger partial charge in [-0.3, -0.25) is 10.3 Å². The largest absolute Gasteiger partial charge is 0.386 e. The summed E-state index contributed by atoms with van der Waals surface area (Å²) in [7, 11) is 0. The Morgan fingerprint density at radius 3 is 2.19 bits per heavy atom. The minimum atomic E-state index is 0.0642. The number of hydrogen-bond acceptors (Lipinski definition) is 2. The van der Waals surface area contributed by atoms with E-state index >= 15 is 0 Å². The standard InChI is InChI=1S/C13H19N3/c1-10(13(14)15)16-8-6-11-4-2-3-5-12(11)7-9-16/h2-5,10H,6-9H2,1H3,(H3,14,15). The second-order valence-electron chi connectivity index (χ2n) is 4.44. The molecule has 0 aromatic heterocycles. The molecular formula is C13H19N3. The van der Waals surface area contributed by atoms with Gasteiger partial charge < -0.3 is 5.73 Å². The number of nitrogens with two attached hydrogens (primary N) is 1. The normalized spacial score (nSPS) is 18.6. The van der Waals surface area contributed by atoms with E-state index in [9.17, 15) is 0 Å². The van der Waals surface area contributed by atoms with Gasteiger partial charge in [-0.1, -0.05) is 24.3 Å². The Morgan fingerprint density at radius 1 is 1.25 bits per heavy atom. The van der Waals surface area contributed by atoms with Gasteiger partial charge in [-0.15, -0.1) is 0 Å². The molecule has 1 aromatic carbocycles. The fourth-order valence-electron chi connectivity index (χ4n) is 2.27.